The number of carbonyl (C=O) groups excluding carboxylic acids is 2. The van der Waals surface area contributed by atoms with Crippen LogP contribution in [0.25, 0.3) is 0 Å². The Morgan fingerprint density at radius 3 is 2.25 bits per heavy atom. The second kappa shape index (κ2) is 8.88. The molecule has 0 saturated carbocycles. The van der Waals surface area contributed by atoms with E-state index in [0.29, 0.717) is 11.3 Å². The summed E-state index contributed by atoms with van der Waals surface area (Å²) in [7, 11) is 1.64. The number of anilines is 1. The molecule has 2 aromatic carbocycles. The van der Waals surface area contributed by atoms with Crippen molar-refractivity contribution < 1.29 is 22.8 Å². The Labute approximate surface area is 161 Å². The van der Waals surface area contributed by atoms with Crippen molar-refractivity contribution in [1.82, 2.24) is 10.2 Å². The molecular formula is C20H22F3N3O2. The maximum absolute atomic E-state index is 12.6. The molecule has 2 rings (SSSR count). The molecule has 150 valence electrons. The van der Waals surface area contributed by atoms with Crippen LogP contribution in [0.4, 0.5) is 23.7 Å². The molecule has 0 aromatic heterocycles. The second-order valence-corrected chi connectivity index (χ2v) is 6.69. The molecule has 0 heterocycles. The van der Waals surface area contributed by atoms with Gasteiger partial charge in [-0.05, 0) is 50.2 Å². The van der Waals surface area contributed by atoms with E-state index in [1.54, 1.807) is 18.0 Å². The molecule has 0 spiro atoms. The molecule has 0 aliphatic heterocycles. The average molecular weight is 393 g/mol. The summed E-state index contributed by atoms with van der Waals surface area (Å²) in [5.41, 5.74) is 2.45. The molecule has 0 aliphatic rings. The number of rotatable bonds is 5. The topological polar surface area (TPSA) is 61.4 Å². The van der Waals surface area contributed by atoms with Gasteiger partial charge in [-0.25, -0.2) is 4.79 Å². The van der Waals surface area contributed by atoms with Crippen LogP contribution in [-0.2, 0) is 17.5 Å². The monoisotopic (exact) mass is 393 g/mol. The van der Waals surface area contributed by atoms with Crippen LogP contribution >= 0.6 is 0 Å². The number of amides is 3. The van der Waals surface area contributed by atoms with Gasteiger partial charge in [-0.2, -0.15) is 13.2 Å². The number of likely N-dealkylation sites (N-methyl/N-ethyl adjacent to an activating group) is 1. The predicted octanol–water partition coefficient (Wildman–Crippen LogP) is 4.10. The van der Waals surface area contributed by atoms with Gasteiger partial charge < -0.3 is 5.32 Å². The molecule has 3 amide bonds. The minimum atomic E-state index is -4.38. The minimum absolute atomic E-state index is 0.0820. The first-order valence-corrected chi connectivity index (χ1v) is 8.57. The lowest BCUT2D eigenvalue weighted by atomic mass is 10.1. The first-order valence-electron chi connectivity index (χ1n) is 8.57. The molecular weight excluding hydrogens is 371 g/mol. The number of benzene rings is 2. The summed E-state index contributed by atoms with van der Waals surface area (Å²) in [6.07, 6.45) is -4.38. The third-order valence-corrected chi connectivity index (χ3v) is 4.03. The Balaban J connectivity index is 1.84. The van der Waals surface area contributed by atoms with E-state index in [4.69, 9.17) is 0 Å². The molecule has 2 N–H and O–H groups in total. The van der Waals surface area contributed by atoms with E-state index in [9.17, 15) is 22.8 Å². The molecule has 0 saturated heterocycles. The zero-order valence-corrected chi connectivity index (χ0v) is 15.9. The smallest absolute Gasteiger partial charge is 0.307 e. The first-order chi connectivity index (χ1) is 13.0. The van der Waals surface area contributed by atoms with Crippen LogP contribution in [0.3, 0.4) is 0 Å². The van der Waals surface area contributed by atoms with Gasteiger partial charge in [-0.3, -0.25) is 15.0 Å². The molecule has 0 unspecified atom stereocenters. The predicted molar refractivity (Wildman–Crippen MR) is 101 cm³/mol. The van der Waals surface area contributed by atoms with Crippen LogP contribution in [0.1, 0.15) is 22.3 Å². The van der Waals surface area contributed by atoms with Crippen LogP contribution < -0.4 is 10.6 Å². The van der Waals surface area contributed by atoms with Gasteiger partial charge in [0.25, 0.3) is 0 Å². The fraction of sp³-hybridized carbons (Fsp3) is 0.300. The molecule has 5 nitrogen and oxygen atoms in total. The average Bonchev–Trinajstić information content (AvgIpc) is 2.56. The van der Waals surface area contributed by atoms with Gasteiger partial charge in [-0.1, -0.05) is 29.8 Å². The number of halogens is 3. The lowest BCUT2D eigenvalue weighted by Crippen LogP contribution is -2.40. The molecule has 28 heavy (non-hydrogen) atoms. The van der Waals surface area contributed by atoms with Gasteiger partial charge in [0.1, 0.15) is 0 Å². The minimum Gasteiger partial charge on any atom is -0.307 e. The van der Waals surface area contributed by atoms with Crippen molar-refractivity contribution in [3.63, 3.8) is 0 Å². The fourth-order valence-electron chi connectivity index (χ4n) is 2.69. The lowest BCUT2D eigenvalue weighted by molar-refractivity contribution is -0.137. The van der Waals surface area contributed by atoms with Crippen LogP contribution in [0.15, 0.2) is 42.5 Å². The van der Waals surface area contributed by atoms with E-state index in [1.807, 2.05) is 26.0 Å². The third-order valence-electron chi connectivity index (χ3n) is 4.03. The van der Waals surface area contributed by atoms with Crippen LogP contribution in [0, 0.1) is 13.8 Å². The second-order valence-electron chi connectivity index (χ2n) is 6.69. The molecule has 0 atom stereocenters. The fourth-order valence-corrected chi connectivity index (χ4v) is 2.69. The number of carbonyl (C=O) groups is 2. The molecule has 8 heteroatoms. The third kappa shape index (κ3) is 6.38. The van der Waals surface area contributed by atoms with Gasteiger partial charge in [0.15, 0.2) is 0 Å². The normalized spacial score (nSPS) is 11.4. The molecule has 0 radical (unpaired) electrons. The number of hydrogen-bond acceptors (Lipinski definition) is 3. The van der Waals surface area contributed by atoms with Gasteiger partial charge in [0.05, 0.1) is 12.1 Å². The van der Waals surface area contributed by atoms with Crippen LogP contribution in [0.5, 0.6) is 0 Å². The number of nitrogens with zero attached hydrogens (tertiary/aromatic N) is 1. The highest BCUT2D eigenvalue weighted by Gasteiger charge is 2.29. The van der Waals surface area contributed by atoms with Gasteiger partial charge >= 0.3 is 12.2 Å². The molecule has 0 fully saturated rings. The standard InChI is InChI=1S/C20H22F3N3O2/c1-13-4-9-17(14(2)10-13)24-19(28)25-18(27)12-26(3)11-15-5-7-16(8-6-15)20(21,22)23/h4-10H,11-12H2,1-3H3,(H2,24,25,27,28). The summed E-state index contributed by atoms with van der Waals surface area (Å²) in [5, 5.41) is 4.85. The van der Waals surface area contributed by atoms with Crippen molar-refractivity contribution in [1.29, 1.82) is 0 Å². The number of aryl methyl sites for hydroxylation is 2. The Morgan fingerprint density at radius 2 is 1.68 bits per heavy atom. The Hall–Kier alpha value is -2.87. The Kier molecular flexibility index (Phi) is 6.80. The summed E-state index contributed by atoms with van der Waals surface area (Å²) < 4.78 is 37.7. The number of urea groups is 1. The zero-order chi connectivity index (χ0) is 20.9. The first kappa shape index (κ1) is 21.4. The molecule has 2 aromatic rings. The summed E-state index contributed by atoms with van der Waals surface area (Å²) in [6, 6.07) is 9.61. The van der Waals surface area contributed by atoms with Gasteiger partial charge in [0.2, 0.25) is 5.91 Å². The summed E-state index contributed by atoms with van der Waals surface area (Å²) >= 11 is 0. The van der Waals surface area contributed by atoms with E-state index < -0.39 is 23.7 Å². The SMILES string of the molecule is Cc1ccc(NC(=O)NC(=O)CN(C)Cc2ccc(C(F)(F)F)cc2)c(C)c1. The Morgan fingerprint density at radius 1 is 1.04 bits per heavy atom. The van der Waals surface area contributed by atoms with Gasteiger partial charge in [0, 0.05) is 12.2 Å². The highest BCUT2D eigenvalue weighted by atomic mass is 19.4. The van der Waals surface area contributed by atoms with Crippen LogP contribution in [-0.4, -0.2) is 30.4 Å². The maximum Gasteiger partial charge on any atom is 0.416 e. The molecule has 0 bridgehead atoms. The quantitative estimate of drug-likeness (QED) is 0.804. The summed E-state index contributed by atoms with van der Waals surface area (Å²) in [4.78, 5) is 25.6. The van der Waals surface area contributed by atoms with E-state index in [1.165, 1.54) is 12.1 Å². The number of imide groups is 1. The van der Waals surface area contributed by atoms with E-state index in [2.05, 4.69) is 10.6 Å². The zero-order valence-electron chi connectivity index (χ0n) is 15.9. The highest BCUT2D eigenvalue weighted by molar-refractivity contribution is 6.02. The van der Waals surface area contributed by atoms with E-state index in [0.717, 1.165) is 23.3 Å². The van der Waals surface area contributed by atoms with Crippen molar-refractivity contribution >= 4 is 17.6 Å². The molecule has 0 aliphatic carbocycles. The highest BCUT2D eigenvalue weighted by Crippen LogP contribution is 2.29. The van der Waals surface area contributed by atoms with Gasteiger partial charge in [-0.15, -0.1) is 0 Å². The van der Waals surface area contributed by atoms with Crippen molar-refractivity contribution in [2.75, 3.05) is 18.9 Å². The van der Waals surface area contributed by atoms with Crippen molar-refractivity contribution in [2.45, 2.75) is 26.6 Å². The summed E-state index contributed by atoms with van der Waals surface area (Å²) in [6.45, 7) is 3.97. The number of hydrogen-bond donors (Lipinski definition) is 2. The van der Waals surface area contributed by atoms with Crippen molar-refractivity contribution in [3.8, 4) is 0 Å². The summed E-state index contributed by atoms with van der Waals surface area (Å²) in [5.74, 6) is -0.517. The Bertz CT molecular complexity index is 849. The number of alkyl halides is 3. The number of nitrogens with one attached hydrogen (secondary N) is 2. The maximum atomic E-state index is 12.6. The van der Waals surface area contributed by atoms with E-state index >= 15 is 0 Å². The van der Waals surface area contributed by atoms with Crippen molar-refractivity contribution in [3.05, 3.63) is 64.7 Å². The van der Waals surface area contributed by atoms with E-state index in [-0.39, 0.29) is 13.1 Å². The van der Waals surface area contributed by atoms with Crippen LogP contribution in [0.2, 0.25) is 0 Å². The largest absolute Gasteiger partial charge is 0.416 e. The lowest BCUT2D eigenvalue weighted by Gasteiger charge is -2.17. The van der Waals surface area contributed by atoms with Crippen molar-refractivity contribution in [2.24, 2.45) is 0 Å².